The molecule has 1 aliphatic heterocycles. The Kier molecular flexibility index (Phi) is 7.34. The molecule has 1 N–H and O–H groups in total. The van der Waals surface area contributed by atoms with Crippen molar-refractivity contribution in [1.82, 2.24) is 9.80 Å². The van der Waals surface area contributed by atoms with Gasteiger partial charge in [-0.15, -0.1) is 0 Å². The van der Waals surface area contributed by atoms with Crippen LogP contribution in [0.1, 0.15) is 31.9 Å². The fourth-order valence-corrected chi connectivity index (χ4v) is 3.87. The second-order valence-corrected chi connectivity index (χ2v) is 9.23. The maximum absolute atomic E-state index is 12.8. The Morgan fingerprint density at radius 3 is 2.16 bits per heavy atom. The monoisotopic (exact) mass is 445 g/mol. The molecular formula is C24H32ClN3O3. The van der Waals surface area contributed by atoms with Crippen LogP contribution in [0.25, 0.3) is 0 Å². The van der Waals surface area contributed by atoms with Crippen molar-refractivity contribution >= 4 is 23.3 Å². The predicted octanol–water partition coefficient (Wildman–Crippen LogP) is 5.00. The van der Waals surface area contributed by atoms with Crippen LogP contribution in [0.5, 0.6) is 11.5 Å². The van der Waals surface area contributed by atoms with Gasteiger partial charge in [0.05, 0.1) is 24.9 Å². The van der Waals surface area contributed by atoms with Gasteiger partial charge in [0, 0.05) is 38.8 Å². The van der Waals surface area contributed by atoms with Crippen LogP contribution in [0.3, 0.4) is 0 Å². The lowest BCUT2D eigenvalue weighted by molar-refractivity contribution is 0.143. The summed E-state index contributed by atoms with van der Waals surface area (Å²) in [7, 11) is 3.09. The molecule has 7 heteroatoms. The van der Waals surface area contributed by atoms with Gasteiger partial charge < -0.3 is 19.7 Å². The summed E-state index contributed by atoms with van der Waals surface area (Å²) in [5.41, 5.74) is 3.32. The Hall–Kier alpha value is -2.44. The number of rotatable bonds is 5. The van der Waals surface area contributed by atoms with Crippen LogP contribution in [0, 0.1) is 0 Å². The molecule has 31 heavy (non-hydrogen) atoms. The van der Waals surface area contributed by atoms with E-state index < -0.39 is 0 Å². The molecule has 168 valence electrons. The van der Waals surface area contributed by atoms with Crippen molar-refractivity contribution < 1.29 is 14.3 Å². The molecule has 1 saturated heterocycles. The molecule has 1 heterocycles. The molecule has 0 bridgehead atoms. The van der Waals surface area contributed by atoms with E-state index in [1.165, 1.54) is 18.2 Å². The Morgan fingerprint density at radius 1 is 1.00 bits per heavy atom. The van der Waals surface area contributed by atoms with Crippen molar-refractivity contribution in [3.8, 4) is 11.5 Å². The number of piperazine rings is 1. The molecule has 1 fully saturated rings. The summed E-state index contributed by atoms with van der Waals surface area (Å²) < 4.78 is 10.6. The first-order valence-electron chi connectivity index (χ1n) is 10.5. The van der Waals surface area contributed by atoms with E-state index in [-0.39, 0.29) is 11.4 Å². The first kappa shape index (κ1) is 23.2. The van der Waals surface area contributed by atoms with Gasteiger partial charge in [-0.1, -0.05) is 56.6 Å². The smallest absolute Gasteiger partial charge is 0.322 e. The van der Waals surface area contributed by atoms with E-state index in [4.69, 9.17) is 21.1 Å². The molecule has 2 amide bonds. The first-order valence-corrected chi connectivity index (χ1v) is 10.9. The van der Waals surface area contributed by atoms with E-state index >= 15 is 0 Å². The van der Waals surface area contributed by atoms with Gasteiger partial charge in [-0.3, -0.25) is 4.90 Å². The van der Waals surface area contributed by atoms with E-state index in [0.717, 1.165) is 19.6 Å². The summed E-state index contributed by atoms with van der Waals surface area (Å²) in [5, 5.41) is 3.33. The molecule has 0 saturated carbocycles. The summed E-state index contributed by atoms with van der Waals surface area (Å²) in [6.45, 7) is 10.5. The highest BCUT2D eigenvalue weighted by Crippen LogP contribution is 2.36. The fraction of sp³-hybridized carbons (Fsp3) is 0.458. The molecule has 6 nitrogen and oxygen atoms in total. The van der Waals surface area contributed by atoms with Gasteiger partial charge in [0.2, 0.25) is 0 Å². The number of amides is 2. The number of carbonyl (C=O) groups excluding carboxylic acids is 1. The number of methoxy groups -OCH3 is 2. The lowest BCUT2D eigenvalue weighted by Crippen LogP contribution is -2.49. The quantitative estimate of drug-likeness (QED) is 0.703. The number of halogens is 1. The van der Waals surface area contributed by atoms with Crippen molar-refractivity contribution in [2.75, 3.05) is 45.7 Å². The third-order valence-corrected chi connectivity index (χ3v) is 5.90. The van der Waals surface area contributed by atoms with Gasteiger partial charge in [-0.25, -0.2) is 4.79 Å². The highest BCUT2D eigenvalue weighted by Gasteiger charge is 2.23. The lowest BCUT2D eigenvalue weighted by Gasteiger charge is -2.35. The first-order chi connectivity index (χ1) is 14.7. The van der Waals surface area contributed by atoms with E-state index in [9.17, 15) is 4.79 Å². The van der Waals surface area contributed by atoms with Crippen LogP contribution >= 0.6 is 11.6 Å². The number of hydrogen-bond acceptors (Lipinski definition) is 4. The molecule has 3 rings (SSSR count). The zero-order valence-corrected chi connectivity index (χ0v) is 19.8. The van der Waals surface area contributed by atoms with E-state index in [2.05, 4.69) is 55.3 Å². The van der Waals surface area contributed by atoms with Crippen LogP contribution in [-0.4, -0.2) is 56.2 Å². The zero-order valence-electron chi connectivity index (χ0n) is 19.0. The number of hydrogen-bond donors (Lipinski definition) is 1. The van der Waals surface area contributed by atoms with Crippen LogP contribution < -0.4 is 14.8 Å². The number of ether oxygens (including phenoxy) is 2. The zero-order chi connectivity index (χ0) is 22.6. The highest BCUT2D eigenvalue weighted by molar-refractivity contribution is 6.32. The van der Waals surface area contributed by atoms with E-state index in [0.29, 0.717) is 35.3 Å². The maximum atomic E-state index is 12.8. The van der Waals surface area contributed by atoms with Crippen molar-refractivity contribution in [3.05, 3.63) is 52.5 Å². The molecule has 0 radical (unpaired) electrons. The number of benzene rings is 2. The summed E-state index contributed by atoms with van der Waals surface area (Å²) >= 11 is 6.21. The molecule has 0 spiro atoms. The number of nitrogens with one attached hydrogen (secondary N) is 1. The predicted molar refractivity (Wildman–Crippen MR) is 126 cm³/mol. The van der Waals surface area contributed by atoms with Crippen molar-refractivity contribution in [2.24, 2.45) is 0 Å². The van der Waals surface area contributed by atoms with Gasteiger partial charge in [0.25, 0.3) is 0 Å². The molecule has 0 aromatic heterocycles. The minimum absolute atomic E-state index is 0.159. The summed E-state index contributed by atoms with van der Waals surface area (Å²) in [6.07, 6.45) is 0. The second kappa shape index (κ2) is 9.79. The fourth-order valence-electron chi connectivity index (χ4n) is 3.63. The van der Waals surface area contributed by atoms with Gasteiger partial charge >= 0.3 is 6.03 Å². The molecule has 0 atom stereocenters. The third kappa shape index (κ3) is 5.83. The van der Waals surface area contributed by atoms with Gasteiger partial charge in [-0.05, 0) is 22.6 Å². The second-order valence-electron chi connectivity index (χ2n) is 8.83. The molecular weight excluding hydrogens is 414 g/mol. The van der Waals surface area contributed by atoms with Gasteiger partial charge in [-0.2, -0.15) is 0 Å². The van der Waals surface area contributed by atoms with Crippen molar-refractivity contribution in [2.45, 2.75) is 32.7 Å². The van der Waals surface area contributed by atoms with Crippen LogP contribution in [0.2, 0.25) is 5.02 Å². The largest absolute Gasteiger partial charge is 0.495 e. The van der Waals surface area contributed by atoms with Crippen LogP contribution in [0.15, 0.2) is 36.4 Å². The van der Waals surface area contributed by atoms with Crippen molar-refractivity contribution in [3.63, 3.8) is 0 Å². The van der Waals surface area contributed by atoms with Gasteiger partial charge in [0.1, 0.15) is 11.5 Å². The van der Waals surface area contributed by atoms with Crippen LogP contribution in [-0.2, 0) is 12.0 Å². The summed E-state index contributed by atoms with van der Waals surface area (Å²) in [6, 6.07) is 12.0. The van der Waals surface area contributed by atoms with Crippen molar-refractivity contribution in [1.29, 1.82) is 0 Å². The number of carbonyl (C=O) groups is 1. The van der Waals surface area contributed by atoms with Crippen LogP contribution in [0.4, 0.5) is 10.5 Å². The molecule has 2 aromatic rings. The SMILES string of the molecule is COc1cc(OC)c(NC(=O)N2CCN(Cc3ccc(C(C)(C)C)cc3)CC2)cc1Cl. The Labute approximate surface area is 190 Å². The highest BCUT2D eigenvalue weighted by atomic mass is 35.5. The Morgan fingerprint density at radius 2 is 1.61 bits per heavy atom. The van der Waals surface area contributed by atoms with E-state index in [1.807, 2.05) is 4.90 Å². The van der Waals surface area contributed by atoms with Gasteiger partial charge in [0.15, 0.2) is 0 Å². The van der Waals surface area contributed by atoms with E-state index in [1.54, 1.807) is 19.2 Å². The summed E-state index contributed by atoms with van der Waals surface area (Å²) in [5.74, 6) is 1.01. The maximum Gasteiger partial charge on any atom is 0.322 e. The Balaban J connectivity index is 1.55. The molecule has 0 unspecified atom stereocenters. The average Bonchev–Trinajstić information content (AvgIpc) is 2.74. The standard InChI is InChI=1S/C24H32ClN3O3/c1-24(2,3)18-8-6-17(7-9-18)16-27-10-12-28(13-11-27)23(29)26-20-14-19(25)21(30-4)15-22(20)31-5/h6-9,14-15H,10-13,16H2,1-5H3,(H,26,29). The topological polar surface area (TPSA) is 54.0 Å². The minimum atomic E-state index is -0.159. The lowest BCUT2D eigenvalue weighted by atomic mass is 9.87. The minimum Gasteiger partial charge on any atom is -0.495 e. The molecule has 0 aliphatic carbocycles. The third-order valence-electron chi connectivity index (χ3n) is 5.60. The molecule has 2 aromatic carbocycles. The normalized spacial score (nSPS) is 15.0. The average molecular weight is 446 g/mol. The Bertz CT molecular complexity index is 902. The summed E-state index contributed by atoms with van der Waals surface area (Å²) in [4.78, 5) is 17.0. The molecule has 1 aliphatic rings. The number of urea groups is 1. The number of nitrogens with zero attached hydrogens (tertiary/aromatic N) is 2. The number of anilines is 1.